The summed E-state index contributed by atoms with van der Waals surface area (Å²) in [6.45, 7) is 5.77. The van der Waals surface area contributed by atoms with Gasteiger partial charge in [-0.3, -0.25) is 14.8 Å². The molecule has 2 aromatic heterocycles. The molecule has 10 heteroatoms. The summed E-state index contributed by atoms with van der Waals surface area (Å²) in [5, 5.41) is 1.80. The van der Waals surface area contributed by atoms with Crippen LogP contribution >= 0.6 is 11.6 Å². The fraction of sp³-hybridized carbons (Fsp3) is 0.242. The standard InChI is InChI=1S/C33H31ClF3N5O/c34-31-4-2-1-3-25(31)21-41-15-13-40(14-16-41)20-23-5-12-32-29(17-23)30(22-42(32)27-9-8-26(18-38)39-19-27)24-6-10-28(11-7-24)43-33(35,36)37/h1-12,17,19,22H,13-16,18,20-21,38H2. The first kappa shape index (κ1) is 29.2. The van der Waals surface area contributed by atoms with Gasteiger partial charge in [-0.1, -0.05) is 48.0 Å². The van der Waals surface area contributed by atoms with Crippen LogP contribution in [0.4, 0.5) is 13.2 Å². The molecule has 0 amide bonds. The number of hydrogen-bond donors (Lipinski definition) is 1. The summed E-state index contributed by atoms with van der Waals surface area (Å²) < 4.78 is 44.4. The number of hydrogen-bond acceptors (Lipinski definition) is 5. The lowest BCUT2D eigenvalue weighted by molar-refractivity contribution is -0.274. The lowest BCUT2D eigenvalue weighted by Gasteiger charge is -2.35. The molecule has 5 aromatic rings. The van der Waals surface area contributed by atoms with Crippen LogP contribution in [0.25, 0.3) is 27.7 Å². The molecular weight excluding hydrogens is 575 g/mol. The number of pyridine rings is 1. The molecule has 6 nitrogen and oxygen atoms in total. The van der Waals surface area contributed by atoms with E-state index in [2.05, 4.69) is 48.4 Å². The molecule has 0 unspecified atom stereocenters. The summed E-state index contributed by atoms with van der Waals surface area (Å²) >= 11 is 6.37. The van der Waals surface area contributed by atoms with Gasteiger partial charge in [0.2, 0.25) is 0 Å². The smallest absolute Gasteiger partial charge is 0.406 e. The monoisotopic (exact) mass is 605 g/mol. The Morgan fingerprint density at radius 1 is 0.860 bits per heavy atom. The molecule has 3 heterocycles. The molecule has 222 valence electrons. The molecule has 2 N–H and O–H groups in total. The summed E-state index contributed by atoms with van der Waals surface area (Å²) in [4.78, 5) is 9.32. The first-order valence-electron chi connectivity index (χ1n) is 14.1. The summed E-state index contributed by atoms with van der Waals surface area (Å²) in [5.74, 6) is -0.254. The van der Waals surface area contributed by atoms with E-state index in [1.165, 1.54) is 17.7 Å². The van der Waals surface area contributed by atoms with E-state index in [0.29, 0.717) is 6.54 Å². The molecule has 1 fully saturated rings. The maximum absolute atomic E-state index is 12.7. The molecule has 0 radical (unpaired) electrons. The summed E-state index contributed by atoms with van der Waals surface area (Å²) in [5.41, 5.74) is 12.4. The third kappa shape index (κ3) is 6.86. The zero-order valence-corrected chi connectivity index (χ0v) is 24.2. The van der Waals surface area contributed by atoms with Gasteiger partial charge in [-0.2, -0.15) is 0 Å². The molecule has 0 spiro atoms. The van der Waals surface area contributed by atoms with Crippen LogP contribution in [0, 0.1) is 0 Å². The Morgan fingerprint density at radius 2 is 1.58 bits per heavy atom. The van der Waals surface area contributed by atoms with Crippen LogP contribution in [0.1, 0.15) is 16.8 Å². The predicted molar refractivity (Wildman–Crippen MR) is 163 cm³/mol. The molecule has 6 rings (SSSR count). The summed E-state index contributed by atoms with van der Waals surface area (Å²) in [6, 6.07) is 24.2. The highest BCUT2D eigenvalue weighted by Gasteiger charge is 2.31. The molecule has 0 atom stereocenters. The minimum Gasteiger partial charge on any atom is -0.406 e. The Bertz CT molecular complexity index is 1700. The van der Waals surface area contributed by atoms with Gasteiger partial charge in [0.05, 0.1) is 23.1 Å². The third-order valence-corrected chi connectivity index (χ3v) is 8.16. The van der Waals surface area contributed by atoms with E-state index in [0.717, 1.165) is 83.3 Å². The number of nitrogens with zero attached hydrogens (tertiary/aromatic N) is 4. The second-order valence-electron chi connectivity index (χ2n) is 10.7. The highest BCUT2D eigenvalue weighted by molar-refractivity contribution is 6.31. The first-order valence-corrected chi connectivity index (χ1v) is 14.5. The van der Waals surface area contributed by atoms with Gasteiger partial charge in [0.25, 0.3) is 0 Å². The zero-order chi connectivity index (χ0) is 30.0. The highest BCUT2D eigenvalue weighted by Crippen LogP contribution is 2.35. The fourth-order valence-corrected chi connectivity index (χ4v) is 5.76. The van der Waals surface area contributed by atoms with Crippen LogP contribution < -0.4 is 10.5 Å². The molecule has 1 saturated heterocycles. The quantitative estimate of drug-likeness (QED) is 0.206. The van der Waals surface area contributed by atoms with E-state index in [9.17, 15) is 13.2 Å². The molecule has 0 aliphatic carbocycles. The van der Waals surface area contributed by atoms with Crippen molar-refractivity contribution >= 4 is 22.5 Å². The topological polar surface area (TPSA) is 59.6 Å². The number of alkyl halides is 3. The molecule has 43 heavy (non-hydrogen) atoms. The average Bonchev–Trinajstić information content (AvgIpc) is 3.38. The first-order chi connectivity index (χ1) is 20.8. The Morgan fingerprint density at radius 3 is 2.23 bits per heavy atom. The maximum atomic E-state index is 12.7. The van der Waals surface area contributed by atoms with Crippen molar-refractivity contribution in [3.8, 4) is 22.6 Å². The second-order valence-corrected chi connectivity index (χ2v) is 11.1. The number of benzene rings is 3. The van der Waals surface area contributed by atoms with Crippen LogP contribution in [-0.2, 0) is 19.6 Å². The van der Waals surface area contributed by atoms with Crippen LogP contribution in [-0.4, -0.2) is 51.9 Å². The van der Waals surface area contributed by atoms with Gasteiger partial charge in [-0.15, -0.1) is 13.2 Å². The third-order valence-electron chi connectivity index (χ3n) is 7.79. The second kappa shape index (κ2) is 12.4. The van der Waals surface area contributed by atoms with Crippen molar-refractivity contribution in [2.75, 3.05) is 26.2 Å². The van der Waals surface area contributed by atoms with Gasteiger partial charge in [-0.25, -0.2) is 0 Å². The van der Waals surface area contributed by atoms with Gasteiger partial charge in [0.1, 0.15) is 5.75 Å². The van der Waals surface area contributed by atoms with E-state index in [1.807, 2.05) is 36.5 Å². The summed E-state index contributed by atoms with van der Waals surface area (Å²) in [6.07, 6.45) is -0.961. The van der Waals surface area contributed by atoms with Crippen molar-refractivity contribution < 1.29 is 17.9 Å². The number of nitrogens with two attached hydrogens (primary N) is 1. The lowest BCUT2D eigenvalue weighted by Crippen LogP contribution is -2.45. The number of rotatable bonds is 8. The van der Waals surface area contributed by atoms with Crippen molar-refractivity contribution in [2.45, 2.75) is 26.0 Å². The Hall–Kier alpha value is -3.89. The Labute approximate surface area is 253 Å². The summed E-state index contributed by atoms with van der Waals surface area (Å²) in [7, 11) is 0. The van der Waals surface area contributed by atoms with Gasteiger partial charge in [0.15, 0.2) is 0 Å². The fourth-order valence-electron chi connectivity index (χ4n) is 5.57. The largest absolute Gasteiger partial charge is 0.573 e. The lowest BCUT2D eigenvalue weighted by atomic mass is 10.0. The molecule has 1 aliphatic rings. The number of piperazine rings is 1. The minimum atomic E-state index is -4.74. The van der Waals surface area contributed by atoms with Crippen LogP contribution in [0.15, 0.2) is 91.3 Å². The number of aromatic nitrogens is 2. The van der Waals surface area contributed by atoms with Crippen molar-refractivity contribution in [1.29, 1.82) is 0 Å². The predicted octanol–water partition coefficient (Wildman–Crippen LogP) is 7.02. The number of fused-ring (bicyclic) bond motifs is 1. The van der Waals surface area contributed by atoms with Gasteiger partial charge in [0, 0.05) is 68.0 Å². The number of halogens is 4. The van der Waals surface area contributed by atoms with Gasteiger partial charge >= 0.3 is 6.36 Å². The van der Waals surface area contributed by atoms with E-state index in [-0.39, 0.29) is 5.75 Å². The van der Waals surface area contributed by atoms with E-state index >= 15 is 0 Å². The average molecular weight is 606 g/mol. The molecule has 1 aliphatic heterocycles. The normalized spacial score (nSPS) is 14.8. The van der Waals surface area contributed by atoms with Crippen LogP contribution in [0.5, 0.6) is 5.75 Å². The molecule has 3 aromatic carbocycles. The molecule has 0 saturated carbocycles. The Balaban J connectivity index is 1.25. The van der Waals surface area contributed by atoms with E-state index < -0.39 is 6.36 Å². The van der Waals surface area contributed by atoms with Gasteiger partial charge in [-0.05, 0) is 59.2 Å². The number of ether oxygens (including phenoxy) is 1. The van der Waals surface area contributed by atoms with Crippen molar-refractivity contribution in [2.24, 2.45) is 5.73 Å². The van der Waals surface area contributed by atoms with Crippen molar-refractivity contribution in [1.82, 2.24) is 19.4 Å². The van der Waals surface area contributed by atoms with Gasteiger partial charge < -0.3 is 15.0 Å². The highest BCUT2D eigenvalue weighted by atomic mass is 35.5. The minimum absolute atomic E-state index is 0.254. The van der Waals surface area contributed by atoms with Crippen LogP contribution in [0.2, 0.25) is 5.02 Å². The van der Waals surface area contributed by atoms with Crippen molar-refractivity contribution in [3.05, 3.63) is 113 Å². The SMILES string of the molecule is NCc1ccc(-n2cc(-c3ccc(OC(F)(F)F)cc3)c3cc(CN4CCN(Cc5ccccc5Cl)CC4)ccc32)cn1. The van der Waals surface area contributed by atoms with E-state index in [4.69, 9.17) is 17.3 Å². The van der Waals surface area contributed by atoms with Crippen molar-refractivity contribution in [3.63, 3.8) is 0 Å². The van der Waals surface area contributed by atoms with Crippen LogP contribution in [0.3, 0.4) is 0 Å². The van der Waals surface area contributed by atoms with E-state index in [1.54, 1.807) is 18.3 Å². The zero-order valence-electron chi connectivity index (χ0n) is 23.4. The molecule has 0 bridgehead atoms. The Kier molecular flexibility index (Phi) is 8.41. The maximum Gasteiger partial charge on any atom is 0.573 e. The molecular formula is C33H31ClF3N5O.